The van der Waals surface area contributed by atoms with E-state index in [2.05, 4.69) is 62.5 Å². The van der Waals surface area contributed by atoms with Gasteiger partial charge in [-0.1, -0.05) is 152 Å². The van der Waals surface area contributed by atoms with Crippen LogP contribution in [0.4, 0.5) is 0 Å². The smallest absolute Gasteiger partial charge is 0.306 e. The van der Waals surface area contributed by atoms with Crippen molar-refractivity contribution in [2.45, 2.75) is 180 Å². The number of esters is 2. The summed E-state index contributed by atoms with van der Waals surface area (Å²) < 4.78 is 10.6. The molecule has 0 heterocycles. The molecule has 0 fully saturated rings. The third-order valence-corrected chi connectivity index (χ3v) is 8.36. The van der Waals surface area contributed by atoms with E-state index in [1.165, 1.54) is 70.6 Å². The lowest BCUT2D eigenvalue weighted by molar-refractivity contribution is -0.161. The minimum Gasteiger partial charge on any atom is -0.462 e. The maximum absolute atomic E-state index is 12.1. The van der Waals surface area contributed by atoms with Gasteiger partial charge in [0.15, 0.2) is 6.10 Å². The number of carbonyl (C=O) groups excluding carboxylic acids is 2. The van der Waals surface area contributed by atoms with Crippen LogP contribution in [-0.2, 0) is 19.1 Å². The van der Waals surface area contributed by atoms with Gasteiger partial charge in [0.2, 0.25) is 0 Å². The Balaban J connectivity index is 3.65. The average Bonchev–Trinajstić information content (AvgIpc) is 3.07. The van der Waals surface area contributed by atoms with Gasteiger partial charge in [-0.3, -0.25) is 9.59 Å². The van der Waals surface area contributed by atoms with Crippen molar-refractivity contribution in [2.24, 2.45) is 5.92 Å². The van der Waals surface area contributed by atoms with Crippen molar-refractivity contribution in [3.8, 4) is 0 Å². The Morgan fingerprint density at radius 2 is 0.958 bits per heavy atom. The Hall–Kier alpha value is -2.18. The van der Waals surface area contributed by atoms with Crippen LogP contribution in [0.3, 0.4) is 0 Å². The molecule has 0 aromatic rings. The van der Waals surface area contributed by atoms with E-state index in [1.54, 1.807) is 0 Å². The van der Waals surface area contributed by atoms with E-state index in [4.69, 9.17) is 14.6 Å². The summed E-state index contributed by atoms with van der Waals surface area (Å²) >= 11 is 0. The Morgan fingerprint density at radius 1 is 0.521 bits per heavy atom. The largest absolute Gasteiger partial charge is 0.462 e. The van der Waals surface area contributed by atoms with Crippen LogP contribution in [0, 0.1) is 5.92 Å². The zero-order valence-corrected chi connectivity index (χ0v) is 31.1. The molecule has 0 aromatic carbocycles. The summed E-state index contributed by atoms with van der Waals surface area (Å²) in [7, 11) is 0. The molecule has 0 unspecified atom stereocenters. The highest BCUT2D eigenvalue weighted by Gasteiger charge is 2.16. The Kier molecular flexibility index (Phi) is 35.9. The lowest BCUT2D eigenvalue weighted by atomic mass is 10.0. The van der Waals surface area contributed by atoms with Crippen molar-refractivity contribution >= 4 is 11.9 Å². The summed E-state index contributed by atoms with van der Waals surface area (Å²) in [6.07, 6.45) is 43.3. The second-order valence-corrected chi connectivity index (χ2v) is 13.6. The van der Waals surface area contributed by atoms with Gasteiger partial charge in [-0.15, -0.1) is 0 Å². The molecule has 1 atom stereocenters. The first-order chi connectivity index (χ1) is 23.5. The van der Waals surface area contributed by atoms with Gasteiger partial charge in [0.1, 0.15) is 6.61 Å². The molecule has 0 radical (unpaired) electrons. The highest BCUT2D eigenvalue weighted by molar-refractivity contribution is 5.70. The van der Waals surface area contributed by atoms with Gasteiger partial charge in [-0.2, -0.15) is 0 Å². The molecule has 48 heavy (non-hydrogen) atoms. The molecule has 2 N–H and O–H groups in total. The molecule has 278 valence electrons. The maximum Gasteiger partial charge on any atom is 0.306 e. The number of hydrogen-bond acceptors (Lipinski definition) is 6. The van der Waals surface area contributed by atoms with Crippen LogP contribution < -0.4 is 0 Å². The second-order valence-electron chi connectivity index (χ2n) is 13.6. The van der Waals surface area contributed by atoms with Crippen LogP contribution in [-0.4, -0.2) is 48.1 Å². The third kappa shape index (κ3) is 36.7. The van der Waals surface area contributed by atoms with E-state index < -0.39 is 6.10 Å². The van der Waals surface area contributed by atoms with Crippen molar-refractivity contribution in [3.05, 3.63) is 48.6 Å². The molecule has 0 saturated heterocycles. The molecule has 0 aliphatic carbocycles. The second kappa shape index (κ2) is 37.6. The lowest BCUT2D eigenvalue weighted by Crippen LogP contribution is -2.28. The predicted molar refractivity (Wildman–Crippen MR) is 202 cm³/mol. The van der Waals surface area contributed by atoms with Crippen molar-refractivity contribution in [1.82, 2.24) is 0 Å². The van der Waals surface area contributed by atoms with E-state index in [0.717, 1.165) is 76.5 Å². The maximum atomic E-state index is 12.1. The van der Waals surface area contributed by atoms with Gasteiger partial charge in [0.25, 0.3) is 0 Å². The highest BCUT2D eigenvalue weighted by atomic mass is 16.6. The first kappa shape index (κ1) is 45.8. The minimum absolute atomic E-state index is 0.0940. The van der Waals surface area contributed by atoms with Crippen LogP contribution in [0.5, 0.6) is 0 Å². The monoisotopic (exact) mass is 675 g/mol. The number of ether oxygens (including phenoxy) is 2. The van der Waals surface area contributed by atoms with E-state index in [1.807, 2.05) is 0 Å². The number of unbranched alkanes of at least 4 members (excludes halogenated alkanes) is 16. The number of rotatable bonds is 35. The zero-order chi connectivity index (χ0) is 35.2. The Labute approximate surface area is 295 Å². The molecule has 0 spiro atoms. The van der Waals surface area contributed by atoms with Gasteiger partial charge in [-0.05, 0) is 63.7 Å². The summed E-state index contributed by atoms with van der Waals surface area (Å²) in [5.41, 5.74) is 0. The number of aliphatic hydroxyl groups excluding tert-OH is 2. The third-order valence-electron chi connectivity index (χ3n) is 8.36. The van der Waals surface area contributed by atoms with Gasteiger partial charge in [0, 0.05) is 19.4 Å². The Morgan fingerprint density at radius 3 is 1.46 bits per heavy atom. The van der Waals surface area contributed by atoms with Gasteiger partial charge < -0.3 is 19.7 Å². The Bertz CT molecular complexity index is 828. The van der Waals surface area contributed by atoms with Crippen LogP contribution in [0.25, 0.3) is 0 Å². The zero-order valence-electron chi connectivity index (χ0n) is 31.1. The quantitative estimate of drug-likeness (QED) is 0.0395. The number of aliphatic hydroxyl groups is 2. The summed E-state index contributed by atoms with van der Waals surface area (Å²) in [6.45, 7) is 4.45. The molecule has 0 saturated carbocycles. The van der Waals surface area contributed by atoms with Crippen molar-refractivity contribution in [3.63, 3.8) is 0 Å². The molecular weight excluding hydrogens is 600 g/mol. The predicted octanol–water partition coefficient (Wildman–Crippen LogP) is 11.1. The molecule has 6 heteroatoms. The van der Waals surface area contributed by atoms with Crippen LogP contribution >= 0.6 is 0 Å². The molecule has 0 rings (SSSR count). The van der Waals surface area contributed by atoms with Gasteiger partial charge in [0.05, 0.1) is 6.61 Å². The van der Waals surface area contributed by atoms with Crippen LogP contribution in [0.2, 0.25) is 0 Å². The fourth-order valence-corrected chi connectivity index (χ4v) is 5.36. The van der Waals surface area contributed by atoms with Crippen LogP contribution in [0.1, 0.15) is 174 Å². The van der Waals surface area contributed by atoms with Crippen molar-refractivity contribution < 1.29 is 29.3 Å². The number of allylic oxidation sites excluding steroid dienone is 8. The molecule has 0 aromatic heterocycles. The summed E-state index contributed by atoms with van der Waals surface area (Å²) in [5, 5.41) is 18.3. The van der Waals surface area contributed by atoms with Crippen LogP contribution in [0.15, 0.2) is 48.6 Å². The molecule has 0 bridgehead atoms. The first-order valence-electron chi connectivity index (χ1n) is 19.7. The van der Waals surface area contributed by atoms with E-state index in [-0.39, 0.29) is 31.6 Å². The SMILES string of the molecule is CC(C)CCCCCCCCCCCCCCCC(=O)OC[C@H](CO)OC(=O)CCC/C=C\C/C=C\C/C=C\C/C=C\CCCCCO. The minimum atomic E-state index is -0.806. The fourth-order valence-electron chi connectivity index (χ4n) is 5.36. The number of hydrogen-bond donors (Lipinski definition) is 2. The summed E-state index contributed by atoms with van der Waals surface area (Å²) in [5.74, 6) is 0.171. The standard InChI is InChI=1S/C42H74O6/c1-39(2)33-29-25-21-17-13-9-8-11-14-18-22-26-30-34-41(45)47-38-40(37-44)48-42(46)35-31-27-23-19-15-10-6-4-3-5-7-12-16-20-24-28-32-36-43/h3,5-6,10,12,16,19,23,39-40,43-44H,4,7-9,11,13-15,17-18,20-22,24-38H2,1-2H3/b5-3-,10-6-,16-12-,23-19-/t40-/m0/s1. The molecule has 0 aliphatic rings. The lowest BCUT2D eigenvalue weighted by Gasteiger charge is -2.15. The topological polar surface area (TPSA) is 93.1 Å². The fraction of sp³-hybridized carbons (Fsp3) is 0.762. The first-order valence-corrected chi connectivity index (χ1v) is 19.7. The normalized spacial score (nSPS) is 12.8. The van der Waals surface area contributed by atoms with Crippen molar-refractivity contribution in [2.75, 3.05) is 19.8 Å². The van der Waals surface area contributed by atoms with E-state index in [0.29, 0.717) is 19.4 Å². The highest BCUT2D eigenvalue weighted by Crippen LogP contribution is 2.15. The number of carbonyl (C=O) groups is 2. The van der Waals surface area contributed by atoms with E-state index >= 15 is 0 Å². The molecular formula is C42H74O6. The molecule has 6 nitrogen and oxygen atoms in total. The summed E-state index contributed by atoms with van der Waals surface area (Å²) in [4.78, 5) is 24.2. The average molecular weight is 675 g/mol. The molecule has 0 amide bonds. The van der Waals surface area contributed by atoms with Gasteiger partial charge in [-0.25, -0.2) is 0 Å². The van der Waals surface area contributed by atoms with E-state index in [9.17, 15) is 14.7 Å². The molecule has 0 aliphatic heterocycles. The van der Waals surface area contributed by atoms with Crippen molar-refractivity contribution in [1.29, 1.82) is 0 Å². The van der Waals surface area contributed by atoms with Gasteiger partial charge >= 0.3 is 11.9 Å². The summed E-state index contributed by atoms with van der Waals surface area (Å²) in [6, 6.07) is 0.